The first kappa shape index (κ1) is 14.1. The molecule has 1 aromatic heterocycles. The number of hydrogen-bond acceptors (Lipinski definition) is 2. The average Bonchev–Trinajstić information content (AvgIpc) is 2.86. The molecule has 2 rings (SSSR count). The Balaban J connectivity index is 1.92. The molecule has 102 valence electrons. The highest BCUT2D eigenvalue weighted by Crippen LogP contribution is 2.16. The Morgan fingerprint density at radius 1 is 1.16 bits per heavy atom. The molecule has 0 aliphatic rings. The third-order valence-electron chi connectivity index (χ3n) is 3.15. The van der Waals surface area contributed by atoms with E-state index in [1.165, 1.54) is 5.56 Å². The zero-order valence-electron chi connectivity index (χ0n) is 11.6. The summed E-state index contributed by atoms with van der Waals surface area (Å²) in [6, 6.07) is 10.7. The second-order valence-electron chi connectivity index (χ2n) is 5.03. The second kappa shape index (κ2) is 6.22. The number of hydrogen-bond donors (Lipinski definition) is 1. The average molecular weight is 278 g/mol. The van der Waals surface area contributed by atoms with Crippen LogP contribution in [0.1, 0.15) is 44.1 Å². The van der Waals surface area contributed by atoms with Crippen LogP contribution in [0.5, 0.6) is 0 Å². The van der Waals surface area contributed by atoms with Gasteiger partial charge in [0.15, 0.2) is 0 Å². The monoisotopic (exact) mass is 277 g/mol. The van der Waals surface area contributed by atoms with Crippen molar-refractivity contribution in [2.24, 2.45) is 0 Å². The number of rotatable bonds is 5. The van der Waals surface area contributed by atoms with Crippen LogP contribution in [0.25, 0.3) is 0 Å². The van der Waals surface area contributed by atoms with Gasteiger partial charge in [0.2, 0.25) is 0 Å². The van der Waals surface area contributed by atoms with Crippen LogP contribution in [0, 0.1) is 0 Å². The van der Waals surface area contributed by atoms with Gasteiger partial charge in [-0.15, -0.1) is 0 Å². The fourth-order valence-corrected chi connectivity index (χ4v) is 2.01. The summed E-state index contributed by atoms with van der Waals surface area (Å²) in [5, 5.41) is 8.76. The number of nitrogens with zero attached hydrogens (tertiary/aromatic N) is 2. The van der Waals surface area contributed by atoms with E-state index in [4.69, 9.17) is 11.6 Å². The minimum absolute atomic E-state index is 0.279. The maximum absolute atomic E-state index is 5.89. The molecule has 0 amide bonds. The van der Waals surface area contributed by atoms with Crippen molar-refractivity contribution in [3.8, 4) is 0 Å². The predicted molar refractivity (Wildman–Crippen MR) is 79.3 cm³/mol. The lowest BCUT2D eigenvalue weighted by Gasteiger charge is -2.13. The molecule has 3 nitrogen and oxygen atoms in total. The molecule has 0 saturated carbocycles. The molecule has 4 heteroatoms. The Morgan fingerprint density at radius 2 is 1.84 bits per heavy atom. The maximum atomic E-state index is 5.89. The Morgan fingerprint density at radius 3 is 2.42 bits per heavy atom. The van der Waals surface area contributed by atoms with Gasteiger partial charge in [-0.1, -0.05) is 23.7 Å². The molecule has 1 heterocycles. The molecule has 2 aromatic rings. The quantitative estimate of drug-likeness (QED) is 0.896. The summed E-state index contributed by atoms with van der Waals surface area (Å²) in [7, 11) is 0. The molecule has 19 heavy (non-hydrogen) atoms. The van der Waals surface area contributed by atoms with Gasteiger partial charge in [0.25, 0.3) is 0 Å². The minimum Gasteiger partial charge on any atom is -0.304 e. The predicted octanol–water partition coefficient (Wildman–Crippen LogP) is 3.97. The van der Waals surface area contributed by atoms with Gasteiger partial charge in [0.05, 0.1) is 5.69 Å². The molecule has 0 radical (unpaired) electrons. The van der Waals surface area contributed by atoms with Crippen molar-refractivity contribution >= 4 is 11.6 Å². The maximum Gasteiger partial charge on any atom is 0.0762 e. The van der Waals surface area contributed by atoms with Crippen LogP contribution in [0.4, 0.5) is 0 Å². The van der Waals surface area contributed by atoms with E-state index in [1.54, 1.807) is 0 Å². The summed E-state index contributed by atoms with van der Waals surface area (Å²) in [4.78, 5) is 0. The van der Waals surface area contributed by atoms with Crippen molar-refractivity contribution in [2.45, 2.75) is 39.4 Å². The fraction of sp³-hybridized carbons (Fsp3) is 0.400. The van der Waals surface area contributed by atoms with Gasteiger partial charge in [0, 0.05) is 29.8 Å². The third kappa shape index (κ3) is 3.82. The molecule has 1 unspecified atom stereocenters. The number of aromatic nitrogens is 2. The molecule has 0 aliphatic carbocycles. The Bertz CT molecular complexity index is 516. The summed E-state index contributed by atoms with van der Waals surface area (Å²) in [5.74, 6) is 0. The second-order valence-corrected chi connectivity index (χ2v) is 5.47. The number of nitrogens with one attached hydrogen (secondary N) is 1. The van der Waals surface area contributed by atoms with Crippen molar-refractivity contribution in [2.75, 3.05) is 0 Å². The molecule has 1 aromatic carbocycles. The fourth-order valence-electron chi connectivity index (χ4n) is 1.89. The Labute approximate surface area is 119 Å². The van der Waals surface area contributed by atoms with Gasteiger partial charge in [-0.3, -0.25) is 4.68 Å². The van der Waals surface area contributed by atoms with Gasteiger partial charge < -0.3 is 5.32 Å². The summed E-state index contributed by atoms with van der Waals surface area (Å²) < 4.78 is 1.98. The topological polar surface area (TPSA) is 29.9 Å². The van der Waals surface area contributed by atoms with Crippen LogP contribution < -0.4 is 5.32 Å². The van der Waals surface area contributed by atoms with Crippen LogP contribution >= 0.6 is 11.6 Å². The normalized spacial score (nSPS) is 12.9. The number of halogens is 1. The lowest BCUT2D eigenvalue weighted by molar-refractivity contribution is 0.512. The molecule has 0 saturated heterocycles. The van der Waals surface area contributed by atoms with Crippen molar-refractivity contribution in [3.63, 3.8) is 0 Å². The molecular weight excluding hydrogens is 258 g/mol. The van der Waals surface area contributed by atoms with Crippen LogP contribution in [-0.2, 0) is 6.54 Å². The highest BCUT2D eigenvalue weighted by molar-refractivity contribution is 6.30. The van der Waals surface area contributed by atoms with Crippen LogP contribution in [0.15, 0.2) is 36.5 Å². The Kier molecular flexibility index (Phi) is 4.61. The lowest BCUT2D eigenvalue weighted by Crippen LogP contribution is -2.18. The van der Waals surface area contributed by atoms with Gasteiger partial charge in [-0.2, -0.15) is 5.10 Å². The largest absolute Gasteiger partial charge is 0.304 e. The number of benzene rings is 1. The molecule has 0 bridgehead atoms. The highest BCUT2D eigenvalue weighted by Gasteiger charge is 2.06. The minimum atomic E-state index is 0.279. The molecule has 0 spiro atoms. The van der Waals surface area contributed by atoms with Gasteiger partial charge >= 0.3 is 0 Å². The summed E-state index contributed by atoms with van der Waals surface area (Å²) in [6.07, 6.45) is 2.02. The summed E-state index contributed by atoms with van der Waals surface area (Å²) in [6.45, 7) is 7.16. The van der Waals surface area contributed by atoms with E-state index in [9.17, 15) is 0 Å². The molecular formula is C15H20ClN3. The van der Waals surface area contributed by atoms with Crippen LogP contribution in [0.3, 0.4) is 0 Å². The van der Waals surface area contributed by atoms with E-state index in [1.807, 2.05) is 35.1 Å². The van der Waals surface area contributed by atoms with E-state index in [0.29, 0.717) is 6.04 Å². The van der Waals surface area contributed by atoms with Gasteiger partial charge in [0.1, 0.15) is 0 Å². The SMILES string of the molecule is CC(NCc1ccn(C(C)C)n1)c1ccc(Cl)cc1. The Hall–Kier alpha value is -1.32. The molecule has 0 fully saturated rings. The summed E-state index contributed by atoms with van der Waals surface area (Å²) in [5.41, 5.74) is 2.29. The lowest BCUT2D eigenvalue weighted by atomic mass is 10.1. The molecule has 0 aliphatic heterocycles. The van der Waals surface area contributed by atoms with Crippen molar-refractivity contribution < 1.29 is 0 Å². The van der Waals surface area contributed by atoms with Crippen molar-refractivity contribution in [1.29, 1.82) is 0 Å². The van der Waals surface area contributed by atoms with E-state index < -0.39 is 0 Å². The van der Waals surface area contributed by atoms with Gasteiger partial charge in [-0.05, 0) is 44.5 Å². The summed E-state index contributed by atoms with van der Waals surface area (Å²) >= 11 is 5.89. The highest BCUT2D eigenvalue weighted by atomic mass is 35.5. The first-order chi connectivity index (χ1) is 9.06. The molecule has 1 N–H and O–H groups in total. The van der Waals surface area contributed by atoms with Crippen molar-refractivity contribution in [1.82, 2.24) is 15.1 Å². The van der Waals surface area contributed by atoms with Crippen LogP contribution in [-0.4, -0.2) is 9.78 Å². The first-order valence-electron chi connectivity index (χ1n) is 6.59. The molecule has 1 atom stereocenters. The van der Waals surface area contributed by atoms with E-state index in [2.05, 4.69) is 37.3 Å². The standard InChI is InChI=1S/C15H20ClN3/c1-11(2)19-9-8-15(18-19)10-17-12(3)13-4-6-14(16)7-5-13/h4-9,11-12,17H,10H2,1-3H3. The van der Waals surface area contributed by atoms with Crippen molar-refractivity contribution in [3.05, 3.63) is 52.8 Å². The van der Waals surface area contributed by atoms with Crippen LogP contribution in [0.2, 0.25) is 5.02 Å². The zero-order chi connectivity index (χ0) is 13.8. The van der Waals surface area contributed by atoms with E-state index in [-0.39, 0.29) is 6.04 Å². The first-order valence-corrected chi connectivity index (χ1v) is 6.97. The zero-order valence-corrected chi connectivity index (χ0v) is 12.4. The van der Waals surface area contributed by atoms with Gasteiger partial charge in [-0.25, -0.2) is 0 Å². The van der Waals surface area contributed by atoms with E-state index in [0.717, 1.165) is 17.3 Å². The third-order valence-corrected chi connectivity index (χ3v) is 3.40. The smallest absolute Gasteiger partial charge is 0.0762 e. The van der Waals surface area contributed by atoms with E-state index >= 15 is 0 Å².